The number of nitrogens with two attached hydrogens (primary N) is 1. The lowest BCUT2D eigenvalue weighted by atomic mass is 9.96. The summed E-state index contributed by atoms with van der Waals surface area (Å²) in [6, 6.07) is 8.12. The normalized spacial score (nSPS) is 14.0. The summed E-state index contributed by atoms with van der Waals surface area (Å²) in [5, 5.41) is 2.99. The van der Waals surface area contributed by atoms with Gasteiger partial charge in [0.2, 0.25) is 12.3 Å². The first-order valence-electron chi connectivity index (χ1n) is 13.7. The monoisotopic (exact) mass is 557 g/mol. The van der Waals surface area contributed by atoms with Crippen molar-refractivity contribution in [1.82, 2.24) is 19.8 Å². The van der Waals surface area contributed by atoms with Crippen molar-refractivity contribution < 1.29 is 23.8 Å². The largest absolute Gasteiger partial charge is 0.492 e. The highest BCUT2D eigenvalue weighted by Crippen LogP contribution is 2.31. The van der Waals surface area contributed by atoms with Gasteiger partial charge in [-0.2, -0.15) is 9.97 Å². The van der Waals surface area contributed by atoms with Crippen LogP contribution in [-0.4, -0.2) is 106 Å². The summed E-state index contributed by atoms with van der Waals surface area (Å²) in [6.45, 7) is 6.10. The number of hydrogen-bond acceptors (Lipinski definition) is 10. The van der Waals surface area contributed by atoms with Crippen LogP contribution < -0.4 is 25.4 Å². The lowest BCUT2D eigenvalue weighted by Crippen LogP contribution is -2.44. The quantitative estimate of drug-likeness (QED) is 0.233. The number of carbonyl (C=O) groups is 2. The van der Waals surface area contributed by atoms with Crippen molar-refractivity contribution in [2.24, 2.45) is 5.92 Å². The second-order valence-electron chi connectivity index (χ2n) is 9.82. The number of piperidine rings is 1. The highest BCUT2D eigenvalue weighted by Gasteiger charge is 2.26. The number of aryl methyl sites for hydroxylation is 1. The van der Waals surface area contributed by atoms with Crippen LogP contribution in [0.15, 0.2) is 24.3 Å². The third-order valence-corrected chi connectivity index (χ3v) is 7.01. The predicted molar refractivity (Wildman–Crippen MR) is 155 cm³/mol. The van der Waals surface area contributed by atoms with E-state index in [0.29, 0.717) is 44.4 Å². The number of amides is 2. The minimum absolute atomic E-state index is 0.0648. The minimum Gasteiger partial charge on any atom is -0.492 e. The number of nitrogens with one attached hydrogen (secondary N) is 1. The molecule has 2 amide bonds. The van der Waals surface area contributed by atoms with Crippen molar-refractivity contribution in [3.63, 3.8) is 0 Å². The number of likely N-dealkylation sites (tertiary alicyclic amines) is 1. The van der Waals surface area contributed by atoms with Gasteiger partial charge >= 0.3 is 6.01 Å². The highest BCUT2D eigenvalue weighted by molar-refractivity contribution is 5.85. The number of methoxy groups -OCH3 is 1. The topological polar surface area (TPSA) is 135 Å². The molecule has 0 radical (unpaired) electrons. The molecule has 40 heavy (non-hydrogen) atoms. The Kier molecular flexibility index (Phi) is 12.2. The number of rotatable bonds is 16. The predicted octanol–water partition coefficient (Wildman–Crippen LogP) is 1.90. The summed E-state index contributed by atoms with van der Waals surface area (Å²) in [5.41, 5.74) is 7.80. The average molecular weight is 558 g/mol. The van der Waals surface area contributed by atoms with Gasteiger partial charge in [0, 0.05) is 27.7 Å². The number of nitrogen functional groups attached to an aromatic ring is 1. The van der Waals surface area contributed by atoms with Crippen LogP contribution >= 0.6 is 0 Å². The molecule has 1 aliphatic heterocycles. The molecule has 0 atom stereocenters. The summed E-state index contributed by atoms with van der Waals surface area (Å²) >= 11 is 0. The molecule has 0 spiro atoms. The zero-order valence-corrected chi connectivity index (χ0v) is 24.1. The maximum absolute atomic E-state index is 12.8. The van der Waals surface area contributed by atoms with E-state index < -0.39 is 0 Å². The Morgan fingerprint density at radius 1 is 1.20 bits per heavy atom. The van der Waals surface area contributed by atoms with Gasteiger partial charge < -0.3 is 30.2 Å². The lowest BCUT2D eigenvalue weighted by molar-refractivity contribution is -0.131. The molecule has 1 aromatic heterocycles. The van der Waals surface area contributed by atoms with E-state index in [0.717, 1.165) is 44.5 Å². The number of hydrogen-bond donors (Lipinski definition) is 2. The number of aromatic nitrogens is 2. The molecule has 2 aromatic rings. The third kappa shape index (κ3) is 8.95. The molecule has 220 valence electrons. The third-order valence-electron chi connectivity index (χ3n) is 7.01. The maximum atomic E-state index is 12.8. The first-order chi connectivity index (χ1) is 19.4. The van der Waals surface area contributed by atoms with E-state index in [1.54, 1.807) is 24.0 Å². The summed E-state index contributed by atoms with van der Waals surface area (Å²) < 4.78 is 16.4. The average Bonchev–Trinajstić information content (AvgIpc) is 2.96. The van der Waals surface area contributed by atoms with Gasteiger partial charge in [-0.1, -0.05) is 19.1 Å². The van der Waals surface area contributed by atoms with Crippen molar-refractivity contribution in [2.45, 2.75) is 26.2 Å². The van der Waals surface area contributed by atoms with Crippen LogP contribution in [0.4, 0.5) is 17.3 Å². The highest BCUT2D eigenvalue weighted by atomic mass is 16.5. The molecule has 1 aromatic carbocycles. The van der Waals surface area contributed by atoms with Crippen LogP contribution in [0.25, 0.3) is 0 Å². The van der Waals surface area contributed by atoms with Crippen molar-refractivity contribution in [3.05, 3.63) is 29.8 Å². The molecule has 0 saturated carbocycles. The molecule has 3 N–H and O–H groups in total. The standard InChI is InChI=1S/C28H43N7O5/c1-5-21-7-6-8-23(17-21)39-14-13-33(3)24(37)19-34-11-9-22(10-12-34)18-35(20-36)27-25(30-2)26(29)31-28(32-27)40-16-15-38-4/h6-8,17,20,22,30H,5,9-16,18-19H2,1-4H3,(H2,29,31,32). The van der Waals surface area contributed by atoms with Gasteiger partial charge in [-0.25, -0.2) is 0 Å². The zero-order chi connectivity index (χ0) is 28.9. The number of anilines is 3. The molecule has 1 aliphatic rings. The van der Waals surface area contributed by atoms with Crippen molar-refractivity contribution in [3.8, 4) is 11.8 Å². The van der Waals surface area contributed by atoms with E-state index in [-0.39, 0.29) is 30.3 Å². The molecule has 2 heterocycles. The summed E-state index contributed by atoms with van der Waals surface area (Å²) in [4.78, 5) is 38.9. The van der Waals surface area contributed by atoms with Gasteiger partial charge in [-0.05, 0) is 56.0 Å². The van der Waals surface area contributed by atoms with E-state index in [9.17, 15) is 9.59 Å². The van der Waals surface area contributed by atoms with E-state index in [2.05, 4.69) is 33.2 Å². The molecule has 0 bridgehead atoms. The van der Waals surface area contributed by atoms with Gasteiger partial charge in [-0.3, -0.25) is 19.4 Å². The Morgan fingerprint density at radius 2 is 1.98 bits per heavy atom. The van der Waals surface area contributed by atoms with Crippen LogP contribution in [0.5, 0.6) is 11.8 Å². The second-order valence-corrected chi connectivity index (χ2v) is 9.82. The van der Waals surface area contributed by atoms with Crippen molar-refractivity contribution >= 4 is 29.6 Å². The number of likely N-dealkylation sites (N-methyl/N-ethyl adjacent to an activating group) is 1. The summed E-state index contributed by atoms with van der Waals surface area (Å²) in [6.07, 6.45) is 3.42. The lowest BCUT2D eigenvalue weighted by Gasteiger charge is -2.34. The Hall–Kier alpha value is -3.64. The molecule has 0 aliphatic carbocycles. The molecule has 12 nitrogen and oxygen atoms in total. The molecule has 12 heteroatoms. The fourth-order valence-electron chi connectivity index (χ4n) is 4.55. The van der Waals surface area contributed by atoms with Gasteiger partial charge in [0.05, 0.1) is 19.7 Å². The second kappa shape index (κ2) is 15.8. The minimum atomic E-state index is 0.0648. The van der Waals surface area contributed by atoms with E-state index in [1.807, 2.05) is 25.2 Å². The molecule has 0 unspecified atom stereocenters. The van der Waals surface area contributed by atoms with Crippen LogP contribution in [-0.2, 0) is 20.7 Å². The number of ether oxygens (including phenoxy) is 3. The van der Waals surface area contributed by atoms with Crippen LogP contribution in [0.2, 0.25) is 0 Å². The van der Waals surface area contributed by atoms with Gasteiger partial charge in [0.25, 0.3) is 0 Å². The Bertz CT molecular complexity index is 1090. The van der Waals surface area contributed by atoms with Crippen molar-refractivity contribution in [2.75, 3.05) is 89.7 Å². The van der Waals surface area contributed by atoms with Crippen molar-refractivity contribution in [1.29, 1.82) is 0 Å². The number of benzene rings is 1. The van der Waals surface area contributed by atoms with Gasteiger partial charge in [-0.15, -0.1) is 0 Å². The molecule has 3 rings (SSSR count). The van der Waals surface area contributed by atoms with E-state index >= 15 is 0 Å². The molecular formula is C28H43N7O5. The van der Waals surface area contributed by atoms with Crippen LogP contribution in [0.1, 0.15) is 25.3 Å². The fraction of sp³-hybridized carbons (Fsp3) is 0.571. The summed E-state index contributed by atoms with van der Waals surface area (Å²) in [5.74, 6) is 1.72. The first kappa shape index (κ1) is 30.9. The Labute approximate surface area is 236 Å². The Balaban J connectivity index is 1.47. The molecular weight excluding hydrogens is 514 g/mol. The first-order valence-corrected chi connectivity index (χ1v) is 13.7. The number of carbonyl (C=O) groups excluding carboxylic acids is 2. The fourth-order valence-corrected chi connectivity index (χ4v) is 4.55. The number of nitrogens with zero attached hydrogens (tertiary/aromatic N) is 5. The molecule has 1 saturated heterocycles. The smallest absolute Gasteiger partial charge is 0.320 e. The van der Waals surface area contributed by atoms with Crippen LogP contribution in [0, 0.1) is 5.92 Å². The zero-order valence-electron chi connectivity index (χ0n) is 24.1. The molecule has 1 fully saturated rings. The van der Waals surface area contributed by atoms with Gasteiger partial charge in [0.15, 0.2) is 11.6 Å². The Morgan fingerprint density at radius 3 is 2.65 bits per heavy atom. The summed E-state index contributed by atoms with van der Waals surface area (Å²) in [7, 11) is 5.09. The van der Waals surface area contributed by atoms with Crippen LogP contribution in [0.3, 0.4) is 0 Å². The van der Waals surface area contributed by atoms with E-state index in [1.165, 1.54) is 5.56 Å². The SMILES string of the molecule is CCc1cccc(OCCN(C)C(=O)CN2CCC(CN(C=O)c3nc(OCCOC)nc(N)c3NC)CC2)c1. The van der Waals surface area contributed by atoms with E-state index in [4.69, 9.17) is 19.9 Å². The maximum Gasteiger partial charge on any atom is 0.320 e. The van der Waals surface area contributed by atoms with Gasteiger partial charge in [0.1, 0.15) is 24.7 Å².